The van der Waals surface area contributed by atoms with E-state index in [1.54, 1.807) is 10.9 Å². The lowest BCUT2D eigenvalue weighted by Gasteiger charge is -2.15. The van der Waals surface area contributed by atoms with Crippen molar-refractivity contribution >= 4 is 10.0 Å². The van der Waals surface area contributed by atoms with Gasteiger partial charge in [0.25, 0.3) is 0 Å². The van der Waals surface area contributed by atoms with Crippen LogP contribution in [0.5, 0.6) is 0 Å². The van der Waals surface area contributed by atoms with Crippen molar-refractivity contribution in [2.75, 3.05) is 13.6 Å². The fourth-order valence-electron chi connectivity index (χ4n) is 2.11. The number of aryl methyl sites for hydroxylation is 1. The van der Waals surface area contributed by atoms with Crippen molar-refractivity contribution in [1.29, 1.82) is 0 Å². The molecule has 0 aromatic carbocycles. The largest absolute Gasteiger partial charge is 0.320 e. The number of rotatable bonds is 9. The van der Waals surface area contributed by atoms with Gasteiger partial charge in [-0.25, -0.2) is 13.1 Å². The Morgan fingerprint density at radius 1 is 1.35 bits per heavy atom. The Morgan fingerprint density at radius 2 is 2.05 bits per heavy atom. The van der Waals surface area contributed by atoms with Gasteiger partial charge in [-0.05, 0) is 39.3 Å². The molecule has 1 aromatic heterocycles. The van der Waals surface area contributed by atoms with Gasteiger partial charge in [0, 0.05) is 18.8 Å². The smallest absolute Gasteiger partial charge is 0.243 e. The molecule has 0 bridgehead atoms. The Kier molecular flexibility index (Phi) is 6.64. The summed E-state index contributed by atoms with van der Waals surface area (Å²) in [5.74, 6) is 0.456. The average molecular weight is 302 g/mol. The van der Waals surface area contributed by atoms with Crippen molar-refractivity contribution < 1.29 is 8.42 Å². The second-order valence-corrected chi connectivity index (χ2v) is 7.26. The predicted molar refractivity (Wildman–Crippen MR) is 80.0 cm³/mol. The second kappa shape index (κ2) is 7.75. The van der Waals surface area contributed by atoms with Crippen LogP contribution in [-0.2, 0) is 16.6 Å². The van der Waals surface area contributed by atoms with E-state index in [2.05, 4.69) is 29.0 Å². The molecule has 0 aliphatic rings. The summed E-state index contributed by atoms with van der Waals surface area (Å²) in [6.45, 7) is 7.62. The Bertz CT molecular complexity index is 496. The number of nitrogens with zero attached hydrogens (tertiary/aromatic N) is 2. The van der Waals surface area contributed by atoms with Crippen molar-refractivity contribution in [3.63, 3.8) is 0 Å². The number of sulfonamides is 1. The topological polar surface area (TPSA) is 76.0 Å². The minimum Gasteiger partial charge on any atom is -0.320 e. The Morgan fingerprint density at radius 3 is 2.65 bits per heavy atom. The van der Waals surface area contributed by atoms with E-state index in [1.807, 2.05) is 14.0 Å². The molecule has 6 nitrogen and oxygen atoms in total. The predicted octanol–water partition coefficient (Wildman–Crippen LogP) is 1.21. The summed E-state index contributed by atoms with van der Waals surface area (Å²) in [4.78, 5) is 0.234. The Labute approximate surface area is 122 Å². The van der Waals surface area contributed by atoms with Crippen LogP contribution in [0.25, 0.3) is 0 Å². The first-order chi connectivity index (χ1) is 9.35. The molecule has 1 atom stereocenters. The van der Waals surface area contributed by atoms with Crippen LogP contribution in [-0.4, -0.2) is 37.8 Å². The monoisotopic (exact) mass is 302 g/mol. The highest BCUT2D eigenvalue weighted by Crippen LogP contribution is 2.11. The maximum absolute atomic E-state index is 12.2. The fourth-order valence-corrected chi connectivity index (χ4v) is 3.32. The average Bonchev–Trinajstić information content (AvgIpc) is 2.76. The van der Waals surface area contributed by atoms with Crippen LogP contribution in [0.15, 0.2) is 17.3 Å². The Balaban J connectivity index is 2.63. The summed E-state index contributed by atoms with van der Waals surface area (Å²) >= 11 is 0. The lowest BCUT2D eigenvalue weighted by molar-refractivity contribution is 0.482. The van der Waals surface area contributed by atoms with Gasteiger partial charge in [0.05, 0.1) is 6.20 Å². The lowest BCUT2D eigenvalue weighted by atomic mass is 10.1. The highest BCUT2D eigenvalue weighted by molar-refractivity contribution is 7.89. The zero-order chi connectivity index (χ0) is 15.2. The zero-order valence-corrected chi connectivity index (χ0v) is 13.6. The summed E-state index contributed by atoms with van der Waals surface area (Å²) in [5, 5.41) is 7.14. The molecule has 0 saturated carbocycles. The van der Waals surface area contributed by atoms with E-state index in [9.17, 15) is 8.42 Å². The normalized spacial score (nSPS) is 13.8. The third-order valence-corrected chi connectivity index (χ3v) is 4.46. The van der Waals surface area contributed by atoms with Crippen molar-refractivity contribution in [1.82, 2.24) is 19.8 Å². The molecule has 0 spiro atoms. The van der Waals surface area contributed by atoms with Gasteiger partial charge in [0.1, 0.15) is 4.90 Å². The van der Waals surface area contributed by atoms with E-state index in [1.165, 1.54) is 6.20 Å². The van der Waals surface area contributed by atoms with E-state index in [4.69, 9.17) is 0 Å². The number of hydrogen-bond acceptors (Lipinski definition) is 4. The highest BCUT2D eigenvalue weighted by Gasteiger charge is 2.19. The molecular weight excluding hydrogens is 276 g/mol. The fraction of sp³-hybridized carbons (Fsp3) is 0.769. The third kappa shape index (κ3) is 5.60. The maximum atomic E-state index is 12.2. The van der Waals surface area contributed by atoms with Crippen LogP contribution in [0, 0.1) is 5.92 Å². The quantitative estimate of drug-likeness (QED) is 0.672. The van der Waals surface area contributed by atoms with Gasteiger partial charge >= 0.3 is 0 Å². The summed E-state index contributed by atoms with van der Waals surface area (Å²) in [6, 6.07) is -0.0763. The van der Waals surface area contributed by atoms with Gasteiger partial charge in [0.15, 0.2) is 0 Å². The first-order valence-electron chi connectivity index (χ1n) is 7.04. The molecule has 116 valence electrons. The number of hydrogen-bond donors (Lipinski definition) is 2. The van der Waals surface area contributed by atoms with Gasteiger partial charge in [-0.3, -0.25) is 4.68 Å². The maximum Gasteiger partial charge on any atom is 0.243 e. The van der Waals surface area contributed by atoms with E-state index < -0.39 is 10.0 Å². The van der Waals surface area contributed by atoms with Crippen LogP contribution in [0.1, 0.15) is 33.6 Å². The van der Waals surface area contributed by atoms with Crippen LogP contribution in [0.4, 0.5) is 0 Å². The lowest BCUT2D eigenvalue weighted by Crippen LogP contribution is -2.33. The first kappa shape index (κ1) is 17.1. The summed E-state index contributed by atoms with van der Waals surface area (Å²) in [6.07, 6.45) is 4.72. The molecule has 1 heterocycles. The molecule has 0 aliphatic carbocycles. The molecule has 1 unspecified atom stereocenters. The molecule has 7 heteroatoms. The van der Waals surface area contributed by atoms with E-state index in [0.717, 1.165) is 19.4 Å². The summed E-state index contributed by atoms with van der Waals surface area (Å²) < 4.78 is 28.7. The van der Waals surface area contributed by atoms with Crippen molar-refractivity contribution in [3.05, 3.63) is 12.4 Å². The van der Waals surface area contributed by atoms with Crippen LogP contribution >= 0.6 is 0 Å². The highest BCUT2D eigenvalue weighted by atomic mass is 32.2. The van der Waals surface area contributed by atoms with E-state index in [0.29, 0.717) is 12.5 Å². The van der Waals surface area contributed by atoms with E-state index >= 15 is 0 Å². The van der Waals surface area contributed by atoms with Crippen molar-refractivity contribution in [2.24, 2.45) is 5.92 Å². The Hall–Kier alpha value is -0.920. The molecule has 0 amide bonds. The molecule has 0 saturated heterocycles. The SMILES string of the molecule is CNCCCn1cc(S(=O)(=O)NC(C)CC(C)C)cn1. The standard InChI is InChI=1S/C13H26N4O2S/c1-11(2)8-12(3)16-20(18,19)13-9-15-17(10-13)7-5-6-14-4/h9-12,14,16H,5-8H2,1-4H3. The van der Waals surface area contributed by atoms with E-state index in [-0.39, 0.29) is 10.9 Å². The molecule has 0 fully saturated rings. The first-order valence-corrected chi connectivity index (χ1v) is 8.53. The molecule has 20 heavy (non-hydrogen) atoms. The van der Waals surface area contributed by atoms with Gasteiger partial charge in [-0.2, -0.15) is 5.10 Å². The van der Waals surface area contributed by atoms with Gasteiger partial charge in [-0.15, -0.1) is 0 Å². The third-order valence-electron chi connectivity index (χ3n) is 2.92. The van der Waals surface area contributed by atoms with Gasteiger partial charge in [0.2, 0.25) is 10.0 Å². The van der Waals surface area contributed by atoms with Gasteiger partial charge < -0.3 is 5.32 Å². The molecule has 0 radical (unpaired) electrons. The molecule has 1 rings (SSSR count). The number of aromatic nitrogens is 2. The van der Waals surface area contributed by atoms with Crippen molar-refractivity contribution in [2.45, 2.75) is 51.1 Å². The van der Waals surface area contributed by atoms with Crippen LogP contribution in [0.3, 0.4) is 0 Å². The number of nitrogens with one attached hydrogen (secondary N) is 2. The minimum absolute atomic E-state index is 0.0763. The zero-order valence-electron chi connectivity index (χ0n) is 12.8. The van der Waals surface area contributed by atoms with Crippen molar-refractivity contribution in [3.8, 4) is 0 Å². The molecule has 0 aliphatic heterocycles. The van der Waals surface area contributed by atoms with Crippen LogP contribution in [0.2, 0.25) is 0 Å². The van der Waals surface area contributed by atoms with Crippen LogP contribution < -0.4 is 10.0 Å². The second-order valence-electron chi connectivity index (χ2n) is 5.55. The molecule has 2 N–H and O–H groups in total. The van der Waals surface area contributed by atoms with Gasteiger partial charge in [-0.1, -0.05) is 13.8 Å². The summed E-state index contributed by atoms with van der Waals surface area (Å²) in [7, 11) is -1.58. The minimum atomic E-state index is -3.46. The molecule has 1 aromatic rings. The molecular formula is C13H26N4O2S. The summed E-state index contributed by atoms with van der Waals surface area (Å²) in [5.41, 5.74) is 0.